The minimum atomic E-state index is -3.35. The first-order chi connectivity index (χ1) is 12.1. The van der Waals surface area contributed by atoms with Crippen molar-refractivity contribution in [1.29, 1.82) is 0 Å². The molecule has 5 heteroatoms. The van der Waals surface area contributed by atoms with E-state index in [0.29, 0.717) is 13.0 Å². The summed E-state index contributed by atoms with van der Waals surface area (Å²) >= 11 is 0. The van der Waals surface area contributed by atoms with Crippen LogP contribution >= 0.6 is 0 Å². The van der Waals surface area contributed by atoms with Gasteiger partial charge in [0.2, 0.25) is 0 Å². The number of benzene rings is 2. The first-order valence-electron chi connectivity index (χ1n) is 8.35. The van der Waals surface area contributed by atoms with Gasteiger partial charge in [0.1, 0.15) is 5.75 Å². The van der Waals surface area contributed by atoms with Gasteiger partial charge >= 0.3 is 0 Å². The van der Waals surface area contributed by atoms with Crippen molar-refractivity contribution in [2.45, 2.75) is 23.0 Å². The Kier molecular flexibility index (Phi) is 5.42. The third kappa shape index (κ3) is 4.41. The highest BCUT2D eigenvalue weighted by molar-refractivity contribution is 7.92. The highest BCUT2D eigenvalue weighted by Gasteiger charge is 2.33. The summed E-state index contributed by atoms with van der Waals surface area (Å²) in [6.45, 7) is 2.09. The van der Waals surface area contributed by atoms with Crippen LogP contribution in [0.3, 0.4) is 0 Å². The molecule has 4 nitrogen and oxygen atoms in total. The molecular weight excluding hydrogens is 334 g/mol. The summed E-state index contributed by atoms with van der Waals surface area (Å²) in [6, 6.07) is 15.6. The Morgan fingerprint density at radius 2 is 1.80 bits per heavy atom. The molecule has 1 aliphatic heterocycles. The molecule has 1 aliphatic rings. The topological polar surface area (TPSA) is 57.6 Å². The minimum absolute atomic E-state index is 0.0731. The van der Waals surface area contributed by atoms with Gasteiger partial charge in [-0.1, -0.05) is 30.0 Å². The Morgan fingerprint density at radius 3 is 2.52 bits per heavy atom. The van der Waals surface area contributed by atoms with Crippen LogP contribution in [0.4, 0.5) is 0 Å². The van der Waals surface area contributed by atoms with E-state index in [-0.39, 0.29) is 15.9 Å². The van der Waals surface area contributed by atoms with Crippen LogP contribution in [0, 0.1) is 11.8 Å². The van der Waals surface area contributed by atoms with Crippen molar-refractivity contribution in [2.24, 2.45) is 0 Å². The molecule has 1 atom stereocenters. The molecular formula is C20H21NO3S. The summed E-state index contributed by atoms with van der Waals surface area (Å²) in [7, 11) is -3.35. The van der Waals surface area contributed by atoms with E-state index in [0.717, 1.165) is 25.1 Å². The smallest absolute Gasteiger partial charge is 0.182 e. The Labute approximate surface area is 149 Å². The lowest BCUT2D eigenvalue weighted by molar-refractivity contribution is 0.348. The van der Waals surface area contributed by atoms with E-state index in [1.165, 1.54) is 24.3 Å². The molecule has 1 N–H and O–H groups in total. The number of hydrogen-bond donors (Lipinski definition) is 1. The summed E-state index contributed by atoms with van der Waals surface area (Å²) in [5.74, 6) is 6.35. The number of phenols is 1. The first-order valence-corrected chi connectivity index (χ1v) is 9.89. The molecule has 0 amide bonds. The van der Waals surface area contributed by atoms with Crippen molar-refractivity contribution in [3.63, 3.8) is 0 Å². The summed E-state index contributed by atoms with van der Waals surface area (Å²) in [5.41, 5.74) is 0.997. The zero-order valence-corrected chi connectivity index (χ0v) is 14.7. The normalized spacial score (nSPS) is 17.8. The molecule has 0 bridgehead atoms. The number of nitrogens with zero attached hydrogens (tertiary/aromatic N) is 1. The molecule has 2 aromatic rings. The Balaban J connectivity index is 1.55. The van der Waals surface area contributed by atoms with Crippen molar-refractivity contribution < 1.29 is 13.5 Å². The number of aromatic hydroxyl groups is 1. The van der Waals surface area contributed by atoms with E-state index < -0.39 is 9.84 Å². The monoisotopic (exact) mass is 355 g/mol. The van der Waals surface area contributed by atoms with Gasteiger partial charge in [-0.25, -0.2) is 8.42 Å². The fourth-order valence-corrected chi connectivity index (χ4v) is 4.70. The van der Waals surface area contributed by atoms with Gasteiger partial charge in [-0.05, 0) is 49.4 Å². The standard InChI is InChI=1S/C20H21NO3S/c22-18-9-11-19(12-10-18)25(23,24)20-13-15-21(16-20)14-5-4-8-17-6-2-1-3-7-17/h1-3,6-7,9-12,20,22H,5,13-16H2. The van der Waals surface area contributed by atoms with Gasteiger partial charge in [0, 0.05) is 25.1 Å². The van der Waals surface area contributed by atoms with E-state index in [1.807, 2.05) is 30.3 Å². The number of rotatable bonds is 4. The molecule has 1 fully saturated rings. The maximum absolute atomic E-state index is 12.7. The van der Waals surface area contributed by atoms with Gasteiger partial charge in [0.05, 0.1) is 10.1 Å². The average Bonchev–Trinajstić information content (AvgIpc) is 3.10. The van der Waals surface area contributed by atoms with Crippen LogP contribution in [0.5, 0.6) is 5.75 Å². The zero-order valence-electron chi connectivity index (χ0n) is 13.9. The van der Waals surface area contributed by atoms with Gasteiger partial charge < -0.3 is 10.0 Å². The van der Waals surface area contributed by atoms with Crippen LogP contribution in [-0.4, -0.2) is 43.3 Å². The molecule has 0 aliphatic carbocycles. The van der Waals surface area contributed by atoms with Crippen molar-refractivity contribution in [1.82, 2.24) is 4.90 Å². The molecule has 3 rings (SSSR count). The van der Waals surface area contributed by atoms with Crippen LogP contribution in [0.2, 0.25) is 0 Å². The van der Waals surface area contributed by atoms with Gasteiger partial charge in [0.25, 0.3) is 0 Å². The second-order valence-electron chi connectivity index (χ2n) is 6.17. The van der Waals surface area contributed by atoms with Crippen molar-refractivity contribution in [3.8, 4) is 17.6 Å². The largest absolute Gasteiger partial charge is 0.508 e. The second kappa shape index (κ2) is 7.73. The van der Waals surface area contributed by atoms with Crippen LogP contribution in [-0.2, 0) is 9.84 Å². The molecule has 0 saturated carbocycles. The summed E-state index contributed by atoms with van der Waals surface area (Å²) in [4.78, 5) is 2.43. The van der Waals surface area contributed by atoms with Gasteiger partial charge in [-0.2, -0.15) is 0 Å². The average molecular weight is 355 g/mol. The molecule has 1 unspecified atom stereocenters. The summed E-state index contributed by atoms with van der Waals surface area (Å²) in [5, 5.41) is 8.93. The molecule has 1 heterocycles. The third-order valence-corrected chi connectivity index (χ3v) is 6.58. The van der Waals surface area contributed by atoms with Crippen LogP contribution in [0.15, 0.2) is 59.5 Å². The fraction of sp³-hybridized carbons (Fsp3) is 0.300. The fourth-order valence-electron chi connectivity index (χ4n) is 2.98. The summed E-state index contributed by atoms with van der Waals surface area (Å²) in [6.07, 6.45) is 1.36. The first kappa shape index (κ1) is 17.5. The maximum atomic E-state index is 12.7. The van der Waals surface area contributed by atoms with E-state index in [9.17, 15) is 13.5 Å². The highest BCUT2D eigenvalue weighted by Crippen LogP contribution is 2.25. The second-order valence-corrected chi connectivity index (χ2v) is 8.40. The lowest BCUT2D eigenvalue weighted by Crippen LogP contribution is -2.27. The van der Waals surface area contributed by atoms with Crippen LogP contribution in [0.1, 0.15) is 18.4 Å². The lowest BCUT2D eigenvalue weighted by atomic mass is 10.2. The summed E-state index contributed by atoms with van der Waals surface area (Å²) < 4.78 is 25.3. The van der Waals surface area contributed by atoms with Crippen LogP contribution < -0.4 is 0 Å². The highest BCUT2D eigenvalue weighted by atomic mass is 32.2. The third-order valence-electron chi connectivity index (χ3n) is 4.39. The molecule has 0 aromatic heterocycles. The SMILES string of the molecule is O=S(=O)(c1ccc(O)cc1)C1CCN(CCC#Cc2ccccc2)C1. The Morgan fingerprint density at radius 1 is 1.08 bits per heavy atom. The molecule has 0 radical (unpaired) electrons. The Bertz CT molecular complexity index is 865. The number of sulfone groups is 1. The number of hydrogen-bond acceptors (Lipinski definition) is 4. The molecule has 0 spiro atoms. The molecule has 2 aromatic carbocycles. The van der Waals surface area contributed by atoms with Crippen LogP contribution in [0.25, 0.3) is 0 Å². The van der Waals surface area contributed by atoms with E-state index >= 15 is 0 Å². The minimum Gasteiger partial charge on any atom is -0.508 e. The van der Waals surface area contributed by atoms with Crippen molar-refractivity contribution in [3.05, 3.63) is 60.2 Å². The number of phenolic OH excluding ortho intramolecular Hbond substituents is 1. The van der Waals surface area contributed by atoms with E-state index in [2.05, 4.69) is 16.7 Å². The zero-order chi connectivity index (χ0) is 17.7. The van der Waals surface area contributed by atoms with Gasteiger partial charge in [-0.15, -0.1) is 0 Å². The van der Waals surface area contributed by atoms with E-state index in [4.69, 9.17) is 0 Å². The van der Waals surface area contributed by atoms with Gasteiger partial charge in [0.15, 0.2) is 9.84 Å². The molecule has 25 heavy (non-hydrogen) atoms. The number of likely N-dealkylation sites (tertiary alicyclic amines) is 1. The predicted octanol–water partition coefficient (Wildman–Crippen LogP) is 2.68. The molecule has 1 saturated heterocycles. The van der Waals surface area contributed by atoms with Crippen molar-refractivity contribution >= 4 is 9.84 Å². The van der Waals surface area contributed by atoms with Gasteiger partial charge in [-0.3, -0.25) is 0 Å². The Hall–Kier alpha value is -2.29. The van der Waals surface area contributed by atoms with Crippen molar-refractivity contribution in [2.75, 3.05) is 19.6 Å². The predicted molar refractivity (Wildman–Crippen MR) is 98.1 cm³/mol. The van der Waals surface area contributed by atoms with E-state index in [1.54, 1.807) is 0 Å². The quantitative estimate of drug-likeness (QED) is 0.857. The lowest BCUT2D eigenvalue weighted by Gasteiger charge is -2.15. The molecule has 130 valence electrons. The maximum Gasteiger partial charge on any atom is 0.182 e.